The molecule has 0 aliphatic carbocycles. The van der Waals surface area contributed by atoms with Crippen LogP contribution in [0.1, 0.15) is 6.92 Å². The Morgan fingerprint density at radius 2 is 2.07 bits per heavy atom. The monoisotopic (exact) mass is 232 g/mol. The van der Waals surface area contributed by atoms with Gasteiger partial charge in [0.15, 0.2) is 0 Å². The molecule has 0 saturated carbocycles. The summed E-state index contributed by atoms with van der Waals surface area (Å²) in [5.41, 5.74) is 0.0681. The van der Waals surface area contributed by atoms with Crippen LogP contribution in [0.3, 0.4) is 0 Å². The van der Waals surface area contributed by atoms with Crippen molar-refractivity contribution in [2.24, 2.45) is 0 Å². The Kier molecular flexibility index (Phi) is 3.77. The Labute approximate surface area is 93.8 Å². The van der Waals surface area contributed by atoms with Crippen molar-refractivity contribution in [1.82, 2.24) is 10.2 Å². The summed E-state index contributed by atoms with van der Waals surface area (Å²) in [4.78, 5) is 2.34. The van der Waals surface area contributed by atoms with Crippen LogP contribution in [0.5, 0.6) is 0 Å². The molecule has 88 valence electrons. The van der Waals surface area contributed by atoms with Crippen molar-refractivity contribution in [3.8, 4) is 0 Å². The van der Waals surface area contributed by atoms with Crippen LogP contribution in [0.2, 0.25) is 0 Å². The van der Waals surface area contributed by atoms with Gasteiger partial charge in [-0.05, 0) is 6.92 Å². The van der Waals surface area contributed by atoms with Crippen LogP contribution in [0.25, 0.3) is 0 Å². The molecule has 0 unspecified atom stereocenters. The molecule has 0 aromatic rings. The zero-order valence-corrected chi connectivity index (χ0v) is 10.1. The lowest BCUT2D eigenvalue weighted by Crippen LogP contribution is -2.59. The fourth-order valence-corrected chi connectivity index (χ4v) is 3.03. The van der Waals surface area contributed by atoms with Gasteiger partial charge in [-0.1, -0.05) is 0 Å². The van der Waals surface area contributed by atoms with Crippen LogP contribution in [0.4, 0.5) is 0 Å². The Morgan fingerprint density at radius 3 is 2.60 bits per heavy atom. The molecule has 2 heterocycles. The van der Waals surface area contributed by atoms with Gasteiger partial charge < -0.3 is 10.1 Å². The van der Waals surface area contributed by atoms with Gasteiger partial charge in [0.1, 0.15) is 0 Å². The van der Waals surface area contributed by atoms with Crippen LogP contribution in [-0.2, 0) is 15.5 Å². The number of rotatable bonds is 4. The first-order valence-corrected chi connectivity index (χ1v) is 7.09. The summed E-state index contributed by atoms with van der Waals surface area (Å²) in [7, 11) is -0.566. The highest BCUT2D eigenvalue weighted by Crippen LogP contribution is 2.14. The van der Waals surface area contributed by atoms with E-state index in [0.29, 0.717) is 0 Å². The van der Waals surface area contributed by atoms with Crippen LogP contribution < -0.4 is 5.32 Å². The standard InChI is InChI=1S/C10H20N2O2S/c1-10(8-11-9-10)14-5-2-12-3-6-15(13)7-4-12/h11H,2-9H2,1H3. The maximum absolute atomic E-state index is 11.1. The number of nitrogens with zero attached hydrogens (tertiary/aromatic N) is 1. The first-order chi connectivity index (χ1) is 7.18. The van der Waals surface area contributed by atoms with Crippen molar-refractivity contribution in [2.45, 2.75) is 12.5 Å². The minimum absolute atomic E-state index is 0.0681. The molecule has 2 aliphatic heterocycles. The van der Waals surface area contributed by atoms with E-state index in [2.05, 4.69) is 17.1 Å². The predicted molar refractivity (Wildman–Crippen MR) is 61.5 cm³/mol. The first kappa shape index (κ1) is 11.5. The van der Waals surface area contributed by atoms with E-state index in [-0.39, 0.29) is 5.60 Å². The lowest BCUT2D eigenvalue weighted by Gasteiger charge is -2.39. The molecule has 15 heavy (non-hydrogen) atoms. The Morgan fingerprint density at radius 1 is 1.40 bits per heavy atom. The molecule has 0 radical (unpaired) electrons. The largest absolute Gasteiger partial charge is 0.371 e. The normalized spacial score (nSPS) is 27.5. The van der Waals surface area contributed by atoms with Crippen LogP contribution in [0.15, 0.2) is 0 Å². The van der Waals surface area contributed by atoms with Gasteiger partial charge in [-0.3, -0.25) is 9.11 Å². The lowest BCUT2D eigenvalue weighted by atomic mass is 10.0. The second kappa shape index (κ2) is 4.91. The molecule has 0 aromatic heterocycles. The molecule has 5 heteroatoms. The van der Waals surface area contributed by atoms with E-state index < -0.39 is 10.8 Å². The van der Waals surface area contributed by atoms with Gasteiger partial charge >= 0.3 is 0 Å². The van der Waals surface area contributed by atoms with Crippen LogP contribution in [-0.4, -0.2) is 65.5 Å². The van der Waals surface area contributed by atoms with E-state index in [9.17, 15) is 4.21 Å². The topological polar surface area (TPSA) is 41.6 Å². The van der Waals surface area contributed by atoms with Crippen LogP contribution in [0, 0.1) is 0 Å². The fraction of sp³-hybridized carbons (Fsp3) is 1.00. The molecule has 2 rings (SSSR count). The predicted octanol–water partition coefficient (Wildman–Crippen LogP) is -0.571. The molecule has 0 bridgehead atoms. The van der Waals surface area contributed by atoms with E-state index in [1.54, 1.807) is 0 Å². The minimum Gasteiger partial charge on any atom is -0.371 e. The highest BCUT2D eigenvalue weighted by atomic mass is 32.2. The van der Waals surface area contributed by atoms with Crippen molar-refractivity contribution >= 4 is 10.8 Å². The summed E-state index contributed by atoms with van der Waals surface area (Å²) in [5.74, 6) is 1.66. The number of hydrogen-bond donors (Lipinski definition) is 1. The second-order valence-corrected chi connectivity index (χ2v) is 6.29. The Hall–Kier alpha value is 0.0300. The third-order valence-electron chi connectivity index (χ3n) is 3.13. The molecule has 2 fully saturated rings. The van der Waals surface area contributed by atoms with Gasteiger partial charge in [0, 0.05) is 55.0 Å². The third kappa shape index (κ3) is 3.24. The van der Waals surface area contributed by atoms with E-state index in [1.807, 2.05) is 0 Å². The number of ether oxygens (including phenoxy) is 1. The van der Waals surface area contributed by atoms with Crippen molar-refractivity contribution in [2.75, 3.05) is 50.8 Å². The van der Waals surface area contributed by atoms with Gasteiger partial charge in [-0.25, -0.2) is 0 Å². The van der Waals surface area contributed by atoms with E-state index >= 15 is 0 Å². The van der Waals surface area contributed by atoms with Gasteiger partial charge in [-0.15, -0.1) is 0 Å². The molecule has 0 amide bonds. The quantitative estimate of drug-likeness (QED) is 0.705. The summed E-state index contributed by atoms with van der Waals surface area (Å²) in [6.07, 6.45) is 0. The lowest BCUT2D eigenvalue weighted by molar-refractivity contribution is -0.0717. The summed E-state index contributed by atoms with van der Waals surface area (Å²) in [5, 5.41) is 3.22. The van der Waals surface area contributed by atoms with E-state index in [4.69, 9.17) is 4.74 Å². The third-order valence-corrected chi connectivity index (χ3v) is 4.40. The van der Waals surface area contributed by atoms with E-state index in [1.165, 1.54) is 0 Å². The van der Waals surface area contributed by atoms with E-state index in [0.717, 1.165) is 50.8 Å². The maximum atomic E-state index is 11.1. The SMILES string of the molecule is CC1(OCCN2CCS(=O)CC2)CNC1. The molecule has 1 N–H and O–H groups in total. The van der Waals surface area contributed by atoms with Gasteiger partial charge in [0.25, 0.3) is 0 Å². The highest BCUT2D eigenvalue weighted by Gasteiger charge is 2.32. The Bertz CT molecular complexity index is 234. The molecule has 4 nitrogen and oxygen atoms in total. The van der Waals surface area contributed by atoms with Gasteiger partial charge in [-0.2, -0.15) is 0 Å². The second-order valence-electron chi connectivity index (χ2n) is 4.59. The molecule has 0 atom stereocenters. The molecule has 2 aliphatic rings. The van der Waals surface area contributed by atoms with Gasteiger partial charge in [0.05, 0.1) is 12.2 Å². The van der Waals surface area contributed by atoms with Crippen molar-refractivity contribution in [1.29, 1.82) is 0 Å². The molecule has 2 saturated heterocycles. The molecular weight excluding hydrogens is 212 g/mol. The summed E-state index contributed by atoms with van der Waals surface area (Å²) in [6.45, 7) is 7.79. The van der Waals surface area contributed by atoms with Crippen molar-refractivity contribution < 1.29 is 8.95 Å². The summed E-state index contributed by atoms with van der Waals surface area (Å²) >= 11 is 0. The summed E-state index contributed by atoms with van der Waals surface area (Å²) in [6, 6.07) is 0. The maximum Gasteiger partial charge on any atom is 0.0902 e. The van der Waals surface area contributed by atoms with Crippen molar-refractivity contribution in [3.05, 3.63) is 0 Å². The number of hydrogen-bond acceptors (Lipinski definition) is 4. The van der Waals surface area contributed by atoms with Crippen LogP contribution >= 0.6 is 0 Å². The molecule has 0 spiro atoms. The fourth-order valence-electron chi connectivity index (χ4n) is 1.90. The average molecular weight is 232 g/mol. The first-order valence-electron chi connectivity index (χ1n) is 5.60. The molecule has 0 aromatic carbocycles. The zero-order valence-electron chi connectivity index (χ0n) is 9.33. The number of nitrogens with one attached hydrogen (secondary N) is 1. The smallest absolute Gasteiger partial charge is 0.0902 e. The average Bonchev–Trinajstić information content (AvgIpc) is 2.19. The zero-order chi connectivity index (χ0) is 10.7. The van der Waals surface area contributed by atoms with Crippen molar-refractivity contribution in [3.63, 3.8) is 0 Å². The molecular formula is C10H20N2O2S. The summed E-state index contributed by atoms with van der Waals surface area (Å²) < 4.78 is 17.0. The highest BCUT2D eigenvalue weighted by molar-refractivity contribution is 7.85. The van der Waals surface area contributed by atoms with Gasteiger partial charge in [0.2, 0.25) is 0 Å². The minimum atomic E-state index is -0.566. The Balaban J connectivity index is 1.59.